The minimum Gasteiger partial charge on any atom is -0.497 e. The number of nitrogens with one attached hydrogen (secondary N) is 1. The predicted octanol–water partition coefficient (Wildman–Crippen LogP) is 5.28. The number of hydrogen-bond acceptors (Lipinski definition) is 5. The van der Waals surface area contributed by atoms with Crippen molar-refractivity contribution >= 4 is 50.7 Å². The topological polar surface area (TPSA) is 96.0 Å². The van der Waals surface area contributed by atoms with Gasteiger partial charge in [-0.3, -0.25) is 13.9 Å². The highest BCUT2D eigenvalue weighted by atomic mass is 35.5. The van der Waals surface area contributed by atoms with E-state index in [9.17, 15) is 22.4 Å². The van der Waals surface area contributed by atoms with Gasteiger partial charge in [-0.25, -0.2) is 12.8 Å². The zero-order valence-electron chi connectivity index (χ0n) is 22.2. The van der Waals surface area contributed by atoms with E-state index in [-0.39, 0.29) is 34.5 Å². The van der Waals surface area contributed by atoms with E-state index in [1.54, 1.807) is 32.0 Å². The molecule has 12 heteroatoms. The van der Waals surface area contributed by atoms with Crippen molar-refractivity contribution in [1.82, 2.24) is 10.2 Å². The van der Waals surface area contributed by atoms with Gasteiger partial charge in [0.2, 0.25) is 11.8 Å². The highest BCUT2D eigenvalue weighted by Gasteiger charge is 2.33. The van der Waals surface area contributed by atoms with Gasteiger partial charge in [0.25, 0.3) is 10.0 Å². The van der Waals surface area contributed by atoms with Gasteiger partial charge in [-0.1, -0.05) is 36.2 Å². The SMILES string of the molecule is CCNC(=O)[C@@H](CC)N(Cc1ccc(Cl)c(Cl)c1)C(=O)CN(c1ccc(F)cc1)S(=O)(=O)c1ccc(OC)cc1. The van der Waals surface area contributed by atoms with Crippen LogP contribution in [0.4, 0.5) is 10.1 Å². The van der Waals surface area contributed by atoms with Crippen molar-refractivity contribution < 1.29 is 27.1 Å². The molecule has 0 aromatic heterocycles. The Balaban J connectivity index is 2.06. The summed E-state index contributed by atoms with van der Waals surface area (Å²) in [6.45, 7) is 3.16. The molecule has 0 spiro atoms. The molecule has 2 amide bonds. The second-order valence-electron chi connectivity index (χ2n) is 8.75. The number of benzene rings is 3. The molecule has 0 heterocycles. The van der Waals surface area contributed by atoms with E-state index in [4.69, 9.17) is 27.9 Å². The summed E-state index contributed by atoms with van der Waals surface area (Å²) >= 11 is 12.2. The summed E-state index contributed by atoms with van der Waals surface area (Å²) in [5.74, 6) is -1.15. The third-order valence-electron chi connectivity index (χ3n) is 6.11. The van der Waals surface area contributed by atoms with E-state index >= 15 is 0 Å². The van der Waals surface area contributed by atoms with Crippen molar-refractivity contribution in [2.24, 2.45) is 0 Å². The summed E-state index contributed by atoms with van der Waals surface area (Å²) in [6.07, 6.45) is 0.265. The quantitative estimate of drug-likeness (QED) is 0.301. The number of anilines is 1. The number of hydrogen-bond donors (Lipinski definition) is 1. The number of likely N-dealkylation sites (N-methyl/N-ethyl adjacent to an activating group) is 1. The van der Waals surface area contributed by atoms with Gasteiger partial charge in [0.15, 0.2) is 0 Å². The zero-order chi connectivity index (χ0) is 29.4. The Morgan fingerprint density at radius 1 is 0.975 bits per heavy atom. The molecule has 0 saturated heterocycles. The molecule has 8 nitrogen and oxygen atoms in total. The molecular formula is C28H30Cl2FN3O5S. The summed E-state index contributed by atoms with van der Waals surface area (Å²) in [5, 5.41) is 3.33. The van der Waals surface area contributed by atoms with Crippen molar-refractivity contribution in [2.75, 3.05) is 24.5 Å². The second kappa shape index (κ2) is 13.8. The maximum absolute atomic E-state index is 13.9. The minimum absolute atomic E-state index is 0.0365. The van der Waals surface area contributed by atoms with Gasteiger partial charge >= 0.3 is 0 Å². The molecule has 3 rings (SSSR count). The van der Waals surface area contributed by atoms with Crippen molar-refractivity contribution in [3.8, 4) is 5.75 Å². The summed E-state index contributed by atoms with van der Waals surface area (Å²) < 4.78 is 47.4. The molecule has 0 aliphatic rings. The predicted molar refractivity (Wildman–Crippen MR) is 154 cm³/mol. The molecule has 0 unspecified atom stereocenters. The minimum atomic E-state index is -4.30. The van der Waals surface area contributed by atoms with Crippen LogP contribution in [-0.4, -0.2) is 51.4 Å². The van der Waals surface area contributed by atoms with Crippen LogP contribution in [0.2, 0.25) is 10.0 Å². The monoisotopic (exact) mass is 609 g/mol. The number of carbonyl (C=O) groups excluding carboxylic acids is 2. The van der Waals surface area contributed by atoms with Crippen LogP contribution in [-0.2, 0) is 26.2 Å². The number of nitrogens with zero attached hydrogens (tertiary/aromatic N) is 2. The Morgan fingerprint density at radius 2 is 1.62 bits per heavy atom. The van der Waals surface area contributed by atoms with Crippen LogP contribution in [0.15, 0.2) is 71.6 Å². The Bertz CT molecular complexity index is 1440. The lowest BCUT2D eigenvalue weighted by molar-refractivity contribution is -0.140. The molecule has 3 aromatic rings. The van der Waals surface area contributed by atoms with E-state index in [1.807, 2.05) is 0 Å². The van der Waals surface area contributed by atoms with Crippen molar-refractivity contribution in [3.05, 3.63) is 88.2 Å². The average molecular weight is 611 g/mol. The summed E-state index contributed by atoms with van der Waals surface area (Å²) in [7, 11) is -2.85. The first-order chi connectivity index (χ1) is 19.0. The third-order valence-corrected chi connectivity index (χ3v) is 8.64. The molecule has 1 N–H and O–H groups in total. The van der Waals surface area contributed by atoms with Crippen LogP contribution in [0.1, 0.15) is 25.8 Å². The van der Waals surface area contributed by atoms with E-state index < -0.39 is 34.3 Å². The smallest absolute Gasteiger partial charge is 0.264 e. The Hall–Kier alpha value is -3.34. The van der Waals surface area contributed by atoms with Gasteiger partial charge in [-0.05, 0) is 79.6 Å². The first kappa shape index (κ1) is 31.2. The van der Waals surface area contributed by atoms with Gasteiger partial charge in [-0.2, -0.15) is 0 Å². The third kappa shape index (κ3) is 7.44. The number of sulfonamides is 1. The zero-order valence-corrected chi connectivity index (χ0v) is 24.6. The average Bonchev–Trinajstić information content (AvgIpc) is 2.94. The van der Waals surface area contributed by atoms with Crippen molar-refractivity contribution in [1.29, 1.82) is 0 Å². The summed E-state index contributed by atoms with van der Waals surface area (Å²) in [5.41, 5.74) is 0.669. The fraction of sp³-hybridized carbons (Fsp3) is 0.286. The van der Waals surface area contributed by atoms with Crippen LogP contribution in [0, 0.1) is 5.82 Å². The largest absolute Gasteiger partial charge is 0.497 e. The number of methoxy groups -OCH3 is 1. The molecule has 0 aliphatic carbocycles. The van der Waals surface area contributed by atoms with E-state index in [0.717, 1.165) is 16.4 Å². The molecule has 214 valence electrons. The molecule has 0 bridgehead atoms. The lowest BCUT2D eigenvalue weighted by Gasteiger charge is -2.33. The fourth-order valence-electron chi connectivity index (χ4n) is 4.06. The molecule has 0 aliphatic heterocycles. The fourth-order valence-corrected chi connectivity index (χ4v) is 5.79. The lowest BCUT2D eigenvalue weighted by Crippen LogP contribution is -2.52. The number of carbonyl (C=O) groups is 2. The van der Waals surface area contributed by atoms with Crippen LogP contribution >= 0.6 is 23.2 Å². The number of halogens is 3. The number of amides is 2. The van der Waals surface area contributed by atoms with Crippen LogP contribution in [0.5, 0.6) is 5.75 Å². The lowest BCUT2D eigenvalue weighted by atomic mass is 10.1. The van der Waals surface area contributed by atoms with Crippen LogP contribution in [0.3, 0.4) is 0 Å². The highest BCUT2D eigenvalue weighted by molar-refractivity contribution is 7.92. The molecule has 1 atom stereocenters. The highest BCUT2D eigenvalue weighted by Crippen LogP contribution is 2.27. The Kier molecular flexibility index (Phi) is 10.8. The van der Waals surface area contributed by atoms with Crippen LogP contribution in [0.25, 0.3) is 0 Å². The first-order valence-electron chi connectivity index (χ1n) is 12.4. The molecule has 40 heavy (non-hydrogen) atoms. The standard InChI is InChI=1S/C28H30Cl2FN3O5S/c1-4-26(28(36)32-5-2)33(17-19-6-15-24(29)25(30)16-19)27(35)18-34(21-9-7-20(31)8-10-21)40(37,38)23-13-11-22(39-3)12-14-23/h6-16,26H,4-5,17-18H2,1-3H3,(H,32,36)/t26-/m1/s1. The van der Waals surface area contributed by atoms with Crippen LogP contribution < -0.4 is 14.4 Å². The van der Waals surface area contributed by atoms with E-state index in [0.29, 0.717) is 22.9 Å². The molecule has 3 aromatic carbocycles. The first-order valence-corrected chi connectivity index (χ1v) is 14.6. The Morgan fingerprint density at radius 3 is 2.17 bits per heavy atom. The Labute approximate surface area is 243 Å². The van der Waals surface area contributed by atoms with Gasteiger partial charge in [0, 0.05) is 13.1 Å². The molecule has 0 radical (unpaired) electrons. The summed E-state index contributed by atoms with van der Waals surface area (Å²) in [4.78, 5) is 28.1. The summed E-state index contributed by atoms with van der Waals surface area (Å²) in [6, 6.07) is 14.4. The van der Waals surface area contributed by atoms with Gasteiger partial charge in [0.1, 0.15) is 24.2 Å². The number of rotatable bonds is 12. The normalized spacial score (nSPS) is 11.9. The van der Waals surface area contributed by atoms with Gasteiger partial charge in [0.05, 0.1) is 27.7 Å². The second-order valence-corrected chi connectivity index (χ2v) is 11.4. The molecule has 0 saturated carbocycles. The van der Waals surface area contributed by atoms with E-state index in [2.05, 4.69) is 5.32 Å². The molecule has 0 fully saturated rings. The molecular weight excluding hydrogens is 580 g/mol. The van der Waals surface area contributed by atoms with Crippen molar-refractivity contribution in [3.63, 3.8) is 0 Å². The van der Waals surface area contributed by atoms with Gasteiger partial charge in [-0.15, -0.1) is 0 Å². The maximum atomic E-state index is 13.9. The van der Waals surface area contributed by atoms with E-state index in [1.165, 1.54) is 48.4 Å². The maximum Gasteiger partial charge on any atom is 0.264 e. The number of ether oxygens (including phenoxy) is 1. The van der Waals surface area contributed by atoms with Crippen molar-refractivity contribution in [2.45, 2.75) is 37.8 Å². The van der Waals surface area contributed by atoms with Gasteiger partial charge < -0.3 is 15.0 Å².